The largest absolute Gasteiger partial charge is 0.351 e. The molecule has 2 amide bonds. The summed E-state index contributed by atoms with van der Waals surface area (Å²) in [4.78, 5) is 23.6. The van der Waals surface area contributed by atoms with Crippen molar-refractivity contribution in [1.82, 2.24) is 14.9 Å². The first-order valence-electron chi connectivity index (χ1n) is 7.62. The molecule has 0 aromatic heterocycles. The second-order valence-corrected chi connectivity index (χ2v) is 6.83. The SMILES string of the molecule is C=CCNC(=O)CNC(=O)c1cccc(S(=O)(=O)N(CC)CC)c1. The molecule has 0 aliphatic rings. The maximum Gasteiger partial charge on any atom is 0.251 e. The fraction of sp³-hybridized carbons (Fsp3) is 0.375. The van der Waals surface area contributed by atoms with Crippen molar-refractivity contribution in [3.05, 3.63) is 42.5 Å². The maximum absolute atomic E-state index is 12.5. The van der Waals surface area contributed by atoms with Crippen LogP contribution in [0.4, 0.5) is 0 Å². The van der Waals surface area contributed by atoms with Crippen LogP contribution in [-0.4, -0.2) is 50.7 Å². The van der Waals surface area contributed by atoms with E-state index >= 15 is 0 Å². The lowest BCUT2D eigenvalue weighted by atomic mass is 10.2. The van der Waals surface area contributed by atoms with Gasteiger partial charge >= 0.3 is 0 Å². The van der Waals surface area contributed by atoms with E-state index in [0.717, 1.165) is 0 Å². The van der Waals surface area contributed by atoms with E-state index in [1.807, 2.05) is 0 Å². The molecule has 0 saturated carbocycles. The zero-order chi connectivity index (χ0) is 18.2. The third-order valence-electron chi connectivity index (χ3n) is 3.29. The highest BCUT2D eigenvalue weighted by Crippen LogP contribution is 2.16. The molecule has 132 valence electrons. The molecule has 0 radical (unpaired) electrons. The van der Waals surface area contributed by atoms with Crippen LogP contribution in [0.5, 0.6) is 0 Å². The Morgan fingerprint density at radius 1 is 1.21 bits per heavy atom. The molecule has 0 aliphatic heterocycles. The van der Waals surface area contributed by atoms with Crippen LogP contribution in [0.2, 0.25) is 0 Å². The Morgan fingerprint density at radius 3 is 2.46 bits per heavy atom. The zero-order valence-corrected chi connectivity index (χ0v) is 14.7. The number of hydrogen-bond donors (Lipinski definition) is 2. The highest BCUT2D eigenvalue weighted by molar-refractivity contribution is 7.89. The number of benzene rings is 1. The van der Waals surface area contributed by atoms with Crippen molar-refractivity contribution in [2.75, 3.05) is 26.2 Å². The van der Waals surface area contributed by atoms with Gasteiger partial charge in [0.25, 0.3) is 5.91 Å². The summed E-state index contributed by atoms with van der Waals surface area (Å²) in [5, 5.41) is 4.98. The minimum atomic E-state index is -3.64. The average Bonchev–Trinajstić information content (AvgIpc) is 2.58. The molecule has 0 bridgehead atoms. The summed E-state index contributed by atoms with van der Waals surface area (Å²) in [7, 11) is -3.64. The van der Waals surface area contributed by atoms with E-state index in [1.54, 1.807) is 13.8 Å². The number of amides is 2. The molecule has 0 atom stereocenters. The van der Waals surface area contributed by atoms with Crippen LogP contribution in [0, 0.1) is 0 Å². The van der Waals surface area contributed by atoms with Crippen LogP contribution in [0.15, 0.2) is 41.8 Å². The second-order valence-electron chi connectivity index (χ2n) is 4.89. The number of carbonyl (C=O) groups excluding carboxylic acids is 2. The quantitative estimate of drug-likeness (QED) is 0.640. The first-order valence-corrected chi connectivity index (χ1v) is 9.06. The Labute approximate surface area is 142 Å². The molecule has 0 fully saturated rings. The first kappa shape index (κ1) is 19.9. The predicted octanol–water partition coefficient (Wildman–Crippen LogP) is 0.749. The van der Waals surface area contributed by atoms with Gasteiger partial charge in [0.2, 0.25) is 15.9 Å². The minimum Gasteiger partial charge on any atom is -0.351 e. The van der Waals surface area contributed by atoms with Gasteiger partial charge in [0, 0.05) is 25.2 Å². The molecule has 0 heterocycles. The smallest absolute Gasteiger partial charge is 0.251 e. The lowest BCUT2D eigenvalue weighted by molar-refractivity contribution is -0.119. The van der Waals surface area contributed by atoms with Crippen LogP contribution in [0.25, 0.3) is 0 Å². The van der Waals surface area contributed by atoms with Gasteiger partial charge in [-0.25, -0.2) is 8.42 Å². The molecule has 1 aromatic carbocycles. The molecule has 0 saturated heterocycles. The van der Waals surface area contributed by atoms with E-state index in [4.69, 9.17) is 0 Å². The minimum absolute atomic E-state index is 0.0509. The van der Waals surface area contributed by atoms with Gasteiger partial charge in [-0.2, -0.15) is 4.31 Å². The van der Waals surface area contributed by atoms with Crippen LogP contribution < -0.4 is 10.6 Å². The molecule has 1 aromatic rings. The lowest BCUT2D eigenvalue weighted by Crippen LogP contribution is -2.37. The first-order chi connectivity index (χ1) is 11.4. The maximum atomic E-state index is 12.5. The molecule has 8 heteroatoms. The number of hydrogen-bond acceptors (Lipinski definition) is 4. The molecular weight excluding hydrogens is 330 g/mol. The molecule has 2 N–H and O–H groups in total. The van der Waals surface area contributed by atoms with Gasteiger partial charge in [-0.15, -0.1) is 6.58 Å². The molecule has 24 heavy (non-hydrogen) atoms. The Bertz CT molecular complexity index is 697. The topological polar surface area (TPSA) is 95.6 Å². The van der Waals surface area contributed by atoms with Crippen LogP contribution in [0.3, 0.4) is 0 Å². The van der Waals surface area contributed by atoms with E-state index in [-0.39, 0.29) is 22.9 Å². The van der Waals surface area contributed by atoms with Crippen molar-refractivity contribution >= 4 is 21.8 Å². The summed E-state index contributed by atoms with van der Waals surface area (Å²) >= 11 is 0. The van der Waals surface area contributed by atoms with Gasteiger partial charge in [0.15, 0.2) is 0 Å². The monoisotopic (exact) mass is 353 g/mol. The number of sulfonamides is 1. The van der Waals surface area contributed by atoms with Crippen molar-refractivity contribution in [3.8, 4) is 0 Å². The van der Waals surface area contributed by atoms with E-state index < -0.39 is 15.9 Å². The van der Waals surface area contributed by atoms with Gasteiger partial charge in [-0.1, -0.05) is 26.0 Å². The molecular formula is C16H23N3O4S. The van der Waals surface area contributed by atoms with Crippen LogP contribution in [-0.2, 0) is 14.8 Å². The zero-order valence-electron chi connectivity index (χ0n) is 13.9. The van der Waals surface area contributed by atoms with E-state index in [0.29, 0.717) is 19.6 Å². The number of nitrogens with zero attached hydrogens (tertiary/aromatic N) is 1. The normalized spacial score (nSPS) is 11.1. The molecule has 0 unspecified atom stereocenters. The van der Waals surface area contributed by atoms with Crippen molar-refractivity contribution in [2.24, 2.45) is 0 Å². The average molecular weight is 353 g/mol. The third kappa shape index (κ3) is 5.17. The number of carbonyl (C=O) groups is 2. The Kier molecular flexibility index (Phi) is 7.60. The van der Waals surface area contributed by atoms with Crippen molar-refractivity contribution < 1.29 is 18.0 Å². The molecule has 0 spiro atoms. The van der Waals surface area contributed by atoms with Gasteiger partial charge in [-0.05, 0) is 18.2 Å². The fourth-order valence-electron chi connectivity index (χ4n) is 2.02. The summed E-state index contributed by atoms with van der Waals surface area (Å²) in [5.41, 5.74) is 0.180. The summed E-state index contributed by atoms with van der Waals surface area (Å²) in [6.45, 7) is 7.78. The third-order valence-corrected chi connectivity index (χ3v) is 5.34. The Morgan fingerprint density at radius 2 is 1.88 bits per heavy atom. The summed E-state index contributed by atoms with van der Waals surface area (Å²) < 4.78 is 26.3. The molecule has 7 nitrogen and oxygen atoms in total. The van der Waals surface area contributed by atoms with E-state index in [1.165, 1.54) is 34.6 Å². The Hall–Kier alpha value is -2.19. The predicted molar refractivity (Wildman–Crippen MR) is 92.1 cm³/mol. The second kappa shape index (κ2) is 9.19. The van der Waals surface area contributed by atoms with Crippen molar-refractivity contribution in [3.63, 3.8) is 0 Å². The lowest BCUT2D eigenvalue weighted by Gasteiger charge is -2.18. The highest BCUT2D eigenvalue weighted by Gasteiger charge is 2.22. The standard InChI is InChI=1S/C16H23N3O4S/c1-4-10-17-15(20)12-18-16(21)13-8-7-9-14(11-13)24(22,23)19(5-2)6-3/h4,7-9,11H,1,5-6,10,12H2,2-3H3,(H,17,20)(H,18,21). The summed E-state index contributed by atoms with van der Waals surface area (Å²) in [6, 6.07) is 5.76. The highest BCUT2D eigenvalue weighted by atomic mass is 32.2. The van der Waals surface area contributed by atoms with E-state index in [9.17, 15) is 18.0 Å². The molecule has 1 rings (SSSR count). The van der Waals surface area contributed by atoms with Gasteiger partial charge < -0.3 is 10.6 Å². The summed E-state index contributed by atoms with van der Waals surface area (Å²) in [5.74, 6) is -0.865. The van der Waals surface area contributed by atoms with Crippen LogP contribution >= 0.6 is 0 Å². The number of rotatable bonds is 9. The van der Waals surface area contributed by atoms with Gasteiger partial charge in [-0.3, -0.25) is 9.59 Å². The fourth-order valence-corrected chi connectivity index (χ4v) is 3.53. The van der Waals surface area contributed by atoms with E-state index in [2.05, 4.69) is 17.2 Å². The van der Waals surface area contributed by atoms with Crippen molar-refractivity contribution in [2.45, 2.75) is 18.7 Å². The number of nitrogens with one attached hydrogen (secondary N) is 2. The van der Waals surface area contributed by atoms with Crippen molar-refractivity contribution in [1.29, 1.82) is 0 Å². The van der Waals surface area contributed by atoms with Crippen LogP contribution in [0.1, 0.15) is 24.2 Å². The molecule has 0 aliphatic carbocycles. The Balaban J connectivity index is 2.86. The van der Waals surface area contributed by atoms with Gasteiger partial charge in [0.05, 0.1) is 11.4 Å². The summed E-state index contributed by atoms with van der Waals surface area (Å²) in [6.07, 6.45) is 1.53. The van der Waals surface area contributed by atoms with Gasteiger partial charge in [0.1, 0.15) is 0 Å².